The van der Waals surface area contributed by atoms with Crippen LogP contribution >= 0.6 is 0 Å². The van der Waals surface area contributed by atoms with Crippen molar-refractivity contribution in [1.29, 1.82) is 0 Å². The first-order valence-electron chi connectivity index (χ1n) is 46.5. The highest BCUT2D eigenvalue weighted by Gasteiger charge is 2.35. The number of carbonyl (C=O) groups excluding carboxylic acids is 3. The molecule has 0 amide bonds. The molecule has 2 unspecified atom stereocenters. The van der Waals surface area contributed by atoms with Crippen LogP contribution in [0.15, 0.2) is 31.8 Å². The second-order valence-electron chi connectivity index (χ2n) is 36.3. The lowest BCUT2D eigenvalue weighted by atomic mass is 9.86. The van der Waals surface area contributed by atoms with Crippen LogP contribution in [0.25, 0.3) is 0 Å². The lowest BCUT2D eigenvalue weighted by Gasteiger charge is -2.45. The number of hydrogen-bond acceptors (Lipinski definition) is 22. The molecule has 3 aliphatic heterocycles. The Morgan fingerprint density at radius 2 is 1.00 bits per heavy atom. The van der Waals surface area contributed by atoms with Gasteiger partial charge in [0.1, 0.15) is 46.4 Å². The first kappa shape index (κ1) is 134. The van der Waals surface area contributed by atoms with Gasteiger partial charge in [0.05, 0.1) is 137 Å². The van der Waals surface area contributed by atoms with E-state index in [9.17, 15) is 22.8 Å². The third-order valence-corrected chi connectivity index (χ3v) is 19.1. The number of unbranched alkanes of at least 4 members (excludes halogenated alkanes) is 3. The maximum absolute atomic E-state index is 10.9. The summed E-state index contributed by atoms with van der Waals surface area (Å²) in [4.78, 5) is 42.5. The molecule has 6 rings (SSSR count). The number of para-hydroxylation sites is 1. The molecule has 4 atom stereocenters. The van der Waals surface area contributed by atoms with Crippen LogP contribution in [0.4, 0.5) is 0 Å². The Bertz CT molecular complexity index is 2730. The molecule has 1 saturated carbocycles. The van der Waals surface area contributed by atoms with Gasteiger partial charge in [-0.15, -0.1) is 0 Å². The van der Waals surface area contributed by atoms with Gasteiger partial charge in [0.15, 0.2) is 17.3 Å². The number of ether oxygens (including phenoxy) is 13. The quantitative estimate of drug-likeness (QED) is 0.0562. The molecular formula is C99H199NO21S. The van der Waals surface area contributed by atoms with Crippen molar-refractivity contribution < 1.29 is 93.2 Å². The van der Waals surface area contributed by atoms with Gasteiger partial charge in [-0.2, -0.15) is 0 Å². The zero-order valence-electron chi connectivity index (χ0n) is 86.9. The van der Waals surface area contributed by atoms with Crippen LogP contribution in [0.2, 0.25) is 0 Å². The Morgan fingerprint density at radius 3 is 1.30 bits per heavy atom. The van der Waals surface area contributed by atoms with Crippen molar-refractivity contribution >= 4 is 28.2 Å². The number of piperidine rings is 3. The standard InChI is InChI=1S/C11H16O.C11H24O.C10H19NO.C10H22O4.C9H18O.C8H12O4.C8H16O2.C8H18O.C7H14O2.C6H14O2S.C6H14O.C4H10.CH2O/c1-8(2)12-11-9(3)6-5-7-10(11)4;1-5-6-7-8-9-11(4)12-10(2)3;1-8(2)12-10-7-11-5-3-9(10)4-6-11;1-10(2)14-9-8-13-7-6-12-5-4-11-3;1-8(2)10-9-6-4-3-5-7-9;1-5(2)10-4-7-6(3)11-8(9)12-7;1-6(2)10-8(4,5)7(3)9;1-6(2)8(5)9-7(3)4;1-5(2)9-7(4)6(3)8;1-4-9(7,8)5-6(2)3;1-5(2)7-6(3)4;1-4(2)3;1-2/h5-8H,1-4H3;10-11H,5-9H2,1-4H3;8-10H,3-7H2,1-2H3;10H,4-9H2,1-3H3;8-9H,3-7H2,1-2H3;5H,4H2,1-3H3;6H,1-5H3;6-8H,1-5H3;5,7H,1-4H3;6H,4-5H2,1-3H3;5-6H,1-4H3;4H,1-3H3;1H2/t;11-;;;;;;;7-;;;;/m.0......1..../s1. The van der Waals surface area contributed by atoms with Crippen molar-refractivity contribution in [3.63, 3.8) is 0 Å². The fraction of sp³-hybridized carbons (Fsp3) is 0.879. The van der Waals surface area contributed by atoms with Gasteiger partial charge < -0.3 is 80.1 Å². The van der Waals surface area contributed by atoms with E-state index < -0.39 is 21.3 Å². The first-order valence-corrected chi connectivity index (χ1v) is 48.3. The van der Waals surface area contributed by atoms with Gasteiger partial charge in [0.25, 0.3) is 0 Å². The number of nitrogens with zero attached hydrogens (tertiary/aromatic N) is 1. The van der Waals surface area contributed by atoms with Gasteiger partial charge in [-0.1, -0.05) is 125 Å². The molecule has 122 heavy (non-hydrogen) atoms. The summed E-state index contributed by atoms with van der Waals surface area (Å²) >= 11 is 0. The maximum Gasteiger partial charge on any atom is 0.519 e. The molecule has 23 heteroatoms. The minimum atomic E-state index is -2.72. The smallest absolute Gasteiger partial charge is 0.490 e. The Morgan fingerprint density at radius 1 is 0.541 bits per heavy atom. The van der Waals surface area contributed by atoms with Gasteiger partial charge in [-0.3, -0.25) is 9.59 Å². The summed E-state index contributed by atoms with van der Waals surface area (Å²) in [5, 5.41) is 0. The number of benzene rings is 1. The third-order valence-electron chi connectivity index (χ3n) is 17.1. The van der Waals surface area contributed by atoms with Crippen molar-refractivity contribution in [2.45, 2.75) is 471 Å². The second kappa shape index (κ2) is 84.3. The topological polar surface area (TPSA) is 252 Å². The summed E-state index contributed by atoms with van der Waals surface area (Å²) in [6.07, 6.45) is 21.0. The summed E-state index contributed by atoms with van der Waals surface area (Å²) in [6.45, 7) is 91.6. The number of sulfone groups is 1. The van der Waals surface area contributed by atoms with Crippen molar-refractivity contribution in [3.8, 4) is 5.75 Å². The molecule has 0 radical (unpaired) electrons. The molecule has 4 heterocycles. The Balaban J connectivity index is -0.000000195. The molecule has 2 bridgehead atoms. The van der Waals surface area contributed by atoms with Crippen LogP contribution in [0.1, 0.15) is 363 Å². The van der Waals surface area contributed by atoms with Crippen LogP contribution in [-0.4, -0.2) is 213 Å². The van der Waals surface area contributed by atoms with E-state index >= 15 is 0 Å². The summed E-state index contributed by atoms with van der Waals surface area (Å²) < 4.78 is 101. The molecule has 0 spiro atoms. The Kier molecular flexibility index (Phi) is 92.6. The van der Waals surface area contributed by atoms with Crippen molar-refractivity contribution in [1.82, 2.24) is 4.90 Å². The summed E-state index contributed by atoms with van der Waals surface area (Å²) in [5.74, 6) is 4.65. The van der Waals surface area contributed by atoms with Gasteiger partial charge in [-0.05, 0) is 302 Å². The van der Waals surface area contributed by atoms with Gasteiger partial charge >= 0.3 is 5.82 Å². The summed E-state index contributed by atoms with van der Waals surface area (Å²) in [6, 6.07) is 6.20. The van der Waals surface area contributed by atoms with Crippen LogP contribution in [0.5, 0.6) is 5.75 Å². The van der Waals surface area contributed by atoms with Crippen LogP contribution in [0, 0.1) is 44.4 Å². The van der Waals surface area contributed by atoms with E-state index in [0.29, 0.717) is 124 Å². The van der Waals surface area contributed by atoms with Crippen LogP contribution < -0.4 is 10.6 Å². The minimum Gasteiger partial charge on any atom is -0.490 e. The Hall–Kier alpha value is -3.53. The van der Waals surface area contributed by atoms with Gasteiger partial charge in [-0.25, -0.2) is 13.2 Å². The monoisotopic (exact) mass is 1770 g/mol. The lowest BCUT2D eigenvalue weighted by molar-refractivity contribution is -0.142. The highest BCUT2D eigenvalue weighted by molar-refractivity contribution is 7.91. The minimum absolute atomic E-state index is 0.0706. The molecule has 1 aromatic carbocycles. The average molecular weight is 1770 g/mol. The van der Waals surface area contributed by atoms with Crippen LogP contribution in [0.3, 0.4) is 0 Å². The maximum atomic E-state index is 10.9. The number of rotatable bonds is 40. The highest BCUT2D eigenvalue weighted by Crippen LogP contribution is 2.30. The third kappa shape index (κ3) is 98.6. The molecule has 2 aromatic rings. The van der Waals surface area contributed by atoms with Crippen molar-refractivity contribution in [2.75, 3.05) is 77.9 Å². The number of carbonyl (C=O) groups is 3. The molecule has 4 aliphatic rings. The molecular weight excluding hydrogens is 1570 g/mol. The SMILES string of the molecule is C=O.CC(=O)C(C)(C)OC(C)C.CC(=O)[C@@H](C)OC(C)C.CC(C)C.CC(C)OC(C)C.CC(C)OC(C)C(C)C.CC(C)OC1CCCCC1.CC(C)OC1CN2CCC1CC2.CCCCCC[C@H](C)OC(C)C.CCS(=O)(=O)CC(C)C.COCCOCCOCCOC(C)C.Cc1cccc(C)c1OC(C)C.Cc1oc(=O)oc1COC(C)C. The summed E-state index contributed by atoms with van der Waals surface area (Å²) in [5.41, 5.74) is 1.81. The van der Waals surface area contributed by atoms with E-state index in [1.54, 1.807) is 48.7 Å². The molecule has 4 fully saturated rings. The fourth-order valence-electron chi connectivity index (χ4n) is 11.1. The normalized spacial score (nSPS) is 15.6. The fourth-order valence-corrected chi connectivity index (χ4v) is 12.4. The summed E-state index contributed by atoms with van der Waals surface area (Å²) in [7, 11) is -1.06. The molecule has 1 aromatic heterocycles. The number of fused-ring (bicyclic) bond motifs is 3. The largest absolute Gasteiger partial charge is 0.519 e. The van der Waals surface area contributed by atoms with E-state index in [2.05, 4.69) is 152 Å². The van der Waals surface area contributed by atoms with E-state index in [0.717, 1.165) is 17.6 Å². The molecule has 22 nitrogen and oxygen atoms in total. The van der Waals surface area contributed by atoms with E-state index in [4.69, 9.17) is 70.8 Å². The zero-order valence-corrected chi connectivity index (χ0v) is 87.7. The predicted octanol–water partition coefficient (Wildman–Crippen LogP) is 23.7. The first-order chi connectivity index (χ1) is 56.4. The van der Waals surface area contributed by atoms with E-state index in [-0.39, 0.29) is 66.5 Å². The predicted molar refractivity (Wildman–Crippen MR) is 511 cm³/mol. The molecule has 1 aliphatic carbocycles. The average Bonchev–Trinajstić information content (AvgIpc) is 0.904. The molecule has 732 valence electrons. The van der Waals surface area contributed by atoms with Gasteiger partial charge in [0, 0.05) is 19.4 Å². The number of ketones is 2. The number of Topliss-reactive ketones (excluding diaryl/α,β-unsaturated/α-hetero) is 2. The Labute approximate surface area is 751 Å². The number of aryl methyl sites for hydroxylation is 3. The van der Waals surface area contributed by atoms with E-state index in [1.807, 2.05) is 118 Å². The van der Waals surface area contributed by atoms with E-state index in [1.165, 1.54) is 115 Å². The zero-order chi connectivity index (χ0) is 96.4. The van der Waals surface area contributed by atoms with Crippen molar-refractivity contribution in [3.05, 3.63) is 51.5 Å². The number of hydrogen-bond donors (Lipinski definition) is 0. The number of methoxy groups -OCH3 is 1. The van der Waals surface area contributed by atoms with Gasteiger partial charge in [0.2, 0.25) is 0 Å². The molecule has 0 N–H and O–H groups in total. The van der Waals surface area contributed by atoms with Crippen molar-refractivity contribution in [2.24, 2.45) is 23.7 Å². The second-order valence-corrected chi connectivity index (χ2v) is 38.7. The highest BCUT2D eigenvalue weighted by atomic mass is 32.2. The van der Waals surface area contributed by atoms with Crippen LogP contribution in [-0.2, 0) is 87.7 Å². The lowest BCUT2D eigenvalue weighted by Crippen LogP contribution is -2.51. The molecule has 3 saturated heterocycles.